The molecule has 1 unspecified atom stereocenters. The third-order valence-electron chi connectivity index (χ3n) is 5.93. The smallest absolute Gasteiger partial charge is 0.264 e. The number of ether oxygens (including phenoxy) is 2. The number of azo groups is 1. The number of hydrogen-bond donors (Lipinski definition) is 0. The van der Waals surface area contributed by atoms with Gasteiger partial charge in [-0.05, 0) is 24.0 Å². The first-order valence-electron chi connectivity index (χ1n) is 11.9. The van der Waals surface area contributed by atoms with Crippen molar-refractivity contribution < 1.29 is 23.9 Å². The second kappa shape index (κ2) is 12.0. The lowest BCUT2D eigenvalue weighted by Gasteiger charge is -2.29. The van der Waals surface area contributed by atoms with Gasteiger partial charge in [-0.1, -0.05) is 53.5 Å². The van der Waals surface area contributed by atoms with E-state index in [1.54, 1.807) is 18.2 Å². The maximum atomic E-state index is 13.1. The Morgan fingerprint density at radius 2 is 1.68 bits per heavy atom. The molecule has 1 atom stereocenters. The summed E-state index contributed by atoms with van der Waals surface area (Å²) in [4.78, 5) is 39.7. The number of nitrogens with zero attached hydrogens (tertiary/aromatic N) is 3. The minimum Gasteiger partial charge on any atom is -0.499 e. The third kappa shape index (κ3) is 5.97. The number of fused-ring (bicyclic) bond motifs is 1. The highest BCUT2D eigenvalue weighted by Crippen LogP contribution is 2.38. The van der Waals surface area contributed by atoms with Gasteiger partial charge in [0.25, 0.3) is 11.8 Å². The lowest BCUT2D eigenvalue weighted by molar-refractivity contribution is -0.118. The van der Waals surface area contributed by atoms with Crippen molar-refractivity contribution in [2.45, 2.75) is 72.8 Å². The Labute approximate surface area is 202 Å². The number of hydrogen-bond acceptors (Lipinski definition) is 7. The molecule has 186 valence electrons. The molecule has 0 N–H and O–H groups in total. The molecule has 2 aliphatic rings. The lowest BCUT2D eigenvalue weighted by Crippen LogP contribution is -2.42. The van der Waals surface area contributed by atoms with Gasteiger partial charge in [-0.3, -0.25) is 19.3 Å². The molecular formula is C26H37N3O5. The van der Waals surface area contributed by atoms with Crippen molar-refractivity contribution in [3.05, 3.63) is 40.8 Å². The molecule has 34 heavy (non-hydrogen) atoms. The number of allylic oxidation sites excluding steroid dienone is 2. The van der Waals surface area contributed by atoms with Crippen LogP contribution in [0.5, 0.6) is 0 Å². The van der Waals surface area contributed by atoms with Crippen molar-refractivity contribution in [3.8, 4) is 0 Å². The second-order valence-corrected chi connectivity index (χ2v) is 9.31. The Bertz CT molecular complexity index is 979. The molecule has 0 saturated heterocycles. The Hall–Kier alpha value is -2.87. The average Bonchev–Trinajstić information content (AvgIpc) is 3.06. The molecule has 2 amide bonds. The van der Waals surface area contributed by atoms with Crippen LogP contribution in [0.15, 0.2) is 39.9 Å². The highest BCUT2D eigenvalue weighted by atomic mass is 16.5. The molecule has 1 aromatic carbocycles. The summed E-state index contributed by atoms with van der Waals surface area (Å²) in [5.74, 6) is -0.480. The lowest BCUT2D eigenvalue weighted by atomic mass is 9.78. The van der Waals surface area contributed by atoms with E-state index in [1.165, 1.54) is 32.0 Å². The van der Waals surface area contributed by atoms with Crippen LogP contribution < -0.4 is 0 Å². The molecule has 1 aliphatic heterocycles. The molecule has 0 fully saturated rings. The van der Waals surface area contributed by atoms with Gasteiger partial charge < -0.3 is 9.47 Å². The van der Waals surface area contributed by atoms with Crippen LogP contribution in [0.2, 0.25) is 0 Å². The van der Waals surface area contributed by atoms with Gasteiger partial charge in [-0.25, -0.2) is 0 Å². The average molecular weight is 472 g/mol. The standard InChI is InChI=1S/C22H27N3O5.C4H10/c1-6-13(12-29-4)25-20(27)14-8-7-9-15(18(14)21(25)28)23-24-19-16(26)10-22(2,3)11-17(19)30-5;1-3-4-2/h7-9,13H,6,10-12H2,1-5H3;3-4H2,1-2H3. The number of carbonyl (C=O) groups is 3. The van der Waals surface area contributed by atoms with Crippen molar-refractivity contribution >= 4 is 23.3 Å². The molecule has 0 bridgehead atoms. The molecular weight excluding hydrogens is 434 g/mol. The van der Waals surface area contributed by atoms with E-state index in [4.69, 9.17) is 9.47 Å². The van der Waals surface area contributed by atoms with E-state index in [-0.39, 0.29) is 52.3 Å². The van der Waals surface area contributed by atoms with Crippen molar-refractivity contribution in [2.75, 3.05) is 20.8 Å². The fourth-order valence-electron chi connectivity index (χ4n) is 3.91. The summed E-state index contributed by atoms with van der Waals surface area (Å²) in [6.07, 6.45) is 4.11. The number of unbranched alkanes of at least 4 members (excludes halogenated alkanes) is 1. The number of imide groups is 1. The number of Topliss-reactive ketones (excluding diaryl/α,β-unsaturated/α-hetero) is 1. The predicted octanol–water partition coefficient (Wildman–Crippen LogP) is 5.84. The molecule has 0 spiro atoms. The van der Waals surface area contributed by atoms with Crippen molar-refractivity contribution in [1.29, 1.82) is 0 Å². The van der Waals surface area contributed by atoms with Gasteiger partial charge in [0.15, 0.2) is 11.5 Å². The van der Waals surface area contributed by atoms with E-state index in [1.807, 2.05) is 20.8 Å². The van der Waals surface area contributed by atoms with Gasteiger partial charge in [0, 0.05) is 20.0 Å². The van der Waals surface area contributed by atoms with Gasteiger partial charge in [0.05, 0.1) is 36.6 Å². The van der Waals surface area contributed by atoms with E-state index in [0.29, 0.717) is 25.0 Å². The van der Waals surface area contributed by atoms with Crippen molar-refractivity contribution in [1.82, 2.24) is 4.90 Å². The normalized spacial score (nSPS) is 18.2. The fraction of sp³-hybridized carbons (Fsp3) is 0.577. The SMILES string of the molecule is CCC(COC)N1C(=O)c2cccc(N=NC3=C(OC)CC(C)(C)CC3=O)c2C1=O.CCCC. The Kier molecular flexibility index (Phi) is 9.67. The largest absolute Gasteiger partial charge is 0.499 e. The molecule has 8 heteroatoms. The molecule has 0 aromatic heterocycles. The minimum absolute atomic E-state index is 0.158. The first-order valence-corrected chi connectivity index (χ1v) is 11.9. The highest BCUT2D eigenvalue weighted by Gasteiger charge is 2.41. The molecule has 1 aromatic rings. The van der Waals surface area contributed by atoms with Gasteiger partial charge >= 0.3 is 0 Å². The van der Waals surface area contributed by atoms with E-state index in [0.717, 1.165) is 0 Å². The van der Waals surface area contributed by atoms with Crippen LogP contribution >= 0.6 is 0 Å². The minimum atomic E-state index is -0.425. The maximum absolute atomic E-state index is 13.1. The topological polar surface area (TPSA) is 97.6 Å². The summed E-state index contributed by atoms with van der Waals surface area (Å²) in [6.45, 7) is 10.5. The van der Waals surface area contributed by atoms with Gasteiger partial charge in [0.2, 0.25) is 0 Å². The number of amides is 2. The summed E-state index contributed by atoms with van der Waals surface area (Å²) in [5, 5.41) is 8.32. The number of methoxy groups -OCH3 is 2. The van der Waals surface area contributed by atoms with Crippen molar-refractivity contribution in [3.63, 3.8) is 0 Å². The van der Waals surface area contributed by atoms with Crippen LogP contribution in [-0.4, -0.2) is 49.4 Å². The quantitative estimate of drug-likeness (QED) is 0.350. The van der Waals surface area contributed by atoms with E-state index >= 15 is 0 Å². The fourth-order valence-corrected chi connectivity index (χ4v) is 3.91. The predicted molar refractivity (Wildman–Crippen MR) is 130 cm³/mol. The van der Waals surface area contributed by atoms with Crippen molar-refractivity contribution in [2.24, 2.45) is 15.6 Å². The number of rotatable bonds is 8. The first kappa shape index (κ1) is 27.4. The van der Waals surface area contributed by atoms with Crippen LogP contribution in [0, 0.1) is 5.41 Å². The van der Waals surface area contributed by atoms with E-state index in [2.05, 4.69) is 24.1 Å². The van der Waals surface area contributed by atoms with Crippen LogP contribution in [0.25, 0.3) is 0 Å². The van der Waals surface area contributed by atoms with Gasteiger partial charge in [-0.2, -0.15) is 0 Å². The summed E-state index contributed by atoms with van der Waals surface area (Å²) >= 11 is 0. The van der Waals surface area contributed by atoms with Crippen LogP contribution in [0.1, 0.15) is 87.4 Å². The highest BCUT2D eigenvalue weighted by molar-refractivity contribution is 6.23. The Morgan fingerprint density at radius 3 is 2.24 bits per heavy atom. The van der Waals surface area contributed by atoms with Gasteiger partial charge in [-0.15, -0.1) is 10.2 Å². The Balaban J connectivity index is 0.000000945. The summed E-state index contributed by atoms with van der Waals surface area (Å²) in [5.41, 5.74) is 0.677. The number of ketones is 1. The van der Waals surface area contributed by atoms with Crippen LogP contribution in [-0.2, 0) is 14.3 Å². The van der Waals surface area contributed by atoms with E-state index in [9.17, 15) is 14.4 Å². The molecule has 1 heterocycles. The van der Waals surface area contributed by atoms with Gasteiger partial charge in [0.1, 0.15) is 5.76 Å². The second-order valence-electron chi connectivity index (χ2n) is 9.31. The molecule has 1 aliphatic carbocycles. The Morgan fingerprint density at radius 1 is 1.00 bits per heavy atom. The van der Waals surface area contributed by atoms with Crippen LogP contribution in [0.4, 0.5) is 5.69 Å². The zero-order chi connectivity index (χ0) is 25.5. The maximum Gasteiger partial charge on any atom is 0.264 e. The van der Waals surface area contributed by atoms with Crippen LogP contribution in [0.3, 0.4) is 0 Å². The molecule has 0 saturated carbocycles. The zero-order valence-corrected chi connectivity index (χ0v) is 21.4. The van der Waals surface area contributed by atoms with E-state index < -0.39 is 5.91 Å². The number of carbonyl (C=O) groups excluding carboxylic acids is 3. The summed E-state index contributed by atoms with van der Waals surface area (Å²) in [6, 6.07) is 4.49. The third-order valence-corrected chi connectivity index (χ3v) is 5.93. The first-order chi connectivity index (χ1) is 16.1. The molecule has 3 rings (SSSR count). The number of benzene rings is 1. The molecule has 0 radical (unpaired) electrons. The summed E-state index contributed by atoms with van der Waals surface area (Å²) in [7, 11) is 3.03. The summed E-state index contributed by atoms with van der Waals surface area (Å²) < 4.78 is 10.5. The zero-order valence-electron chi connectivity index (χ0n) is 21.4. The molecule has 8 nitrogen and oxygen atoms in total. The monoisotopic (exact) mass is 471 g/mol.